The molecular weight excluding hydrogens is 567 g/mol. The maximum absolute atomic E-state index is 13.9. The minimum atomic E-state index is -0.377. The van der Waals surface area contributed by atoms with Crippen molar-refractivity contribution in [2.45, 2.75) is 44.9 Å². The van der Waals surface area contributed by atoms with E-state index in [2.05, 4.69) is 26.1 Å². The molecule has 0 saturated heterocycles. The van der Waals surface area contributed by atoms with Crippen LogP contribution in [-0.4, -0.2) is 40.7 Å². The van der Waals surface area contributed by atoms with Crippen molar-refractivity contribution < 1.29 is 23.5 Å². The number of ether oxygens (including phenoxy) is 2. The van der Waals surface area contributed by atoms with Crippen molar-refractivity contribution in [2.75, 3.05) is 24.0 Å². The molecule has 2 aliphatic rings. The number of nitrogens with one attached hydrogen (secondary N) is 1. The quantitative estimate of drug-likeness (QED) is 0.300. The Morgan fingerprint density at radius 1 is 1.07 bits per heavy atom. The van der Waals surface area contributed by atoms with Crippen LogP contribution in [-0.2, 0) is 21.5 Å². The van der Waals surface area contributed by atoms with Gasteiger partial charge >= 0.3 is 0 Å². The first-order valence-corrected chi connectivity index (χ1v) is 15.2. The van der Waals surface area contributed by atoms with Crippen molar-refractivity contribution in [1.82, 2.24) is 15.1 Å². The topological polar surface area (TPSA) is 85.7 Å². The van der Waals surface area contributed by atoms with Gasteiger partial charge < -0.3 is 14.8 Å². The molecule has 2 aliphatic heterocycles. The van der Waals surface area contributed by atoms with Crippen molar-refractivity contribution >= 4 is 29.4 Å². The second-order valence-corrected chi connectivity index (χ2v) is 12.9. The van der Waals surface area contributed by atoms with Crippen LogP contribution in [0.2, 0.25) is 0 Å². The van der Waals surface area contributed by atoms with E-state index in [4.69, 9.17) is 14.6 Å². The van der Waals surface area contributed by atoms with E-state index in [1.54, 1.807) is 21.7 Å². The molecule has 0 spiro atoms. The maximum Gasteiger partial charge on any atom is 0.240 e. The Morgan fingerprint density at radius 3 is 2.58 bits per heavy atom. The zero-order chi connectivity index (χ0) is 30.3. The molecule has 6 rings (SSSR count). The lowest BCUT2D eigenvalue weighted by atomic mass is 9.87. The third kappa shape index (κ3) is 5.84. The summed E-state index contributed by atoms with van der Waals surface area (Å²) in [5, 5.41) is 7.78. The SMILES string of the molecule is Cc1cccc(-n2nc(C(C)(C)C)c3c2N(CC(=O)NCc2ccc(F)cc2)C(=O)CS[C@@H]3c2ccc3c(c2)OCO3)c1. The highest BCUT2D eigenvalue weighted by atomic mass is 32.2. The molecule has 222 valence electrons. The van der Waals surface area contributed by atoms with E-state index in [1.165, 1.54) is 23.9 Å². The van der Waals surface area contributed by atoms with Crippen molar-refractivity contribution in [3.8, 4) is 17.2 Å². The van der Waals surface area contributed by atoms with Crippen LogP contribution in [0.25, 0.3) is 5.69 Å². The number of thioether (sulfide) groups is 1. The summed E-state index contributed by atoms with van der Waals surface area (Å²) in [6, 6.07) is 19.8. The molecule has 3 aromatic carbocycles. The van der Waals surface area contributed by atoms with Crippen molar-refractivity contribution in [2.24, 2.45) is 0 Å². The summed E-state index contributed by atoms with van der Waals surface area (Å²) < 4.78 is 26.4. The van der Waals surface area contributed by atoms with E-state index in [0.717, 1.165) is 33.6 Å². The van der Waals surface area contributed by atoms with Crippen LogP contribution < -0.4 is 19.7 Å². The summed E-state index contributed by atoms with van der Waals surface area (Å²) in [7, 11) is 0. The fraction of sp³-hybridized carbons (Fsp3) is 0.303. The van der Waals surface area contributed by atoms with Gasteiger partial charge in [-0.1, -0.05) is 51.1 Å². The van der Waals surface area contributed by atoms with Crippen LogP contribution in [0.3, 0.4) is 0 Å². The van der Waals surface area contributed by atoms with Gasteiger partial charge in [0.05, 0.1) is 22.4 Å². The first kappa shape index (κ1) is 28.8. The molecule has 0 aliphatic carbocycles. The zero-order valence-electron chi connectivity index (χ0n) is 24.5. The standard InChI is InChI=1S/C33H33FN4O4S/c1-20-6-5-7-24(14-20)38-32-29(31(36-38)33(2,3)4)30(22-10-13-25-26(15-22)42-19-41-25)43-18-28(40)37(32)17-27(39)35-16-21-8-11-23(34)12-9-21/h5-15,30H,16-19H2,1-4H3,(H,35,39)/t30-/m1/s1. The zero-order valence-corrected chi connectivity index (χ0v) is 25.3. The van der Waals surface area contributed by atoms with E-state index in [-0.39, 0.29) is 53.9 Å². The van der Waals surface area contributed by atoms with Gasteiger partial charge in [0, 0.05) is 17.5 Å². The predicted octanol–water partition coefficient (Wildman–Crippen LogP) is 5.83. The van der Waals surface area contributed by atoms with Gasteiger partial charge in [0.2, 0.25) is 18.6 Å². The normalized spacial score (nSPS) is 16.2. The van der Waals surface area contributed by atoms with E-state index in [0.29, 0.717) is 17.3 Å². The number of fused-ring (bicyclic) bond motifs is 2. The van der Waals surface area contributed by atoms with E-state index < -0.39 is 0 Å². The highest BCUT2D eigenvalue weighted by Crippen LogP contribution is 2.49. The summed E-state index contributed by atoms with van der Waals surface area (Å²) in [5.74, 6) is 1.22. The average Bonchev–Trinajstić information content (AvgIpc) is 3.58. The fourth-order valence-corrected chi connectivity index (χ4v) is 6.54. The van der Waals surface area contributed by atoms with Crippen LogP contribution in [0.4, 0.5) is 10.2 Å². The Balaban J connectivity index is 1.47. The fourth-order valence-electron chi connectivity index (χ4n) is 5.35. The molecule has 0 unspecified atom stereocenters. The van der Waals surface area contributed by atoms with Crippen LogP contribution in [0.1, 0.15) is 54.0 Å². The highest BCUT2D eigenvalue weighted by Gasteiger charge is 2.40. The average molecular weight is 601 g/mol. The summed E-state index contributed by atoms with van der Waals surface area (Å²) in [6.45, 7) is 8.50. The Labute approximate surface area is 254 Å². The maximum atomic E-state index is 13.9. The number of hydrogen-bond acceptors (Lipinski definition) is 6. The van der Waals surface area contributed by atoms with Gasteiger partial charge in [-0.25, -0.2) is 9.07 Å². The summed E-state index contributed by atoms with van der Waals surface area (Å²) in [4.78, 5) is 28.8. The van der Waals surface area contributed by atoms with E-state index >= 15 is 0 Å². The van der Waals surface area contributed by atoms with Crippen LogP contribution in [0.5, 0.6) is 11.5 Å². The lowest BCUT2D eigenvalue weighted by Gasteiger charge is -2.24. The van der Waals surface area contributed by atoms with Crippen LogP contribution in [0, 0.1) is 12.7 Å². The van der Waals surface area contributed by atoms with Crippen LogP contribution in [0.15, 0.2) is 66.7 Å². The lowest BCUT2D eigenvalue weighted by molar-refractivity contribution is -0.123. The minimum Gasteiger partial charge on any atom is -0.454 e. The number of amides is 2. The number of carbonyl (C=O) groups is 2. The smallest absolute Gasteiger partial charge is 0.240 e. The second kappa shape index (κ2) is 11.4. The lowest BCUT2D eigenvalue weighted by Crippen LogP contribution is -2.42. The summed E-state index contributed by atoms with van der Waals surface area (Å²) in [5.41, 5.74) is 4.91. The number of aryl methyl sites for hydroxylation is 1. The van der Waals surface area contributed by atoms with E-state index in [9.17, 15) is 14.0 Å². The number of halogens is 1. The number of carbonyl (C=O) groups excluding carboxylic acids is 2. The second-order valence-electron chi connectivity index (χ2n) is 11.8. The minimum absolute atomic E-state index is 0.163. The number of hydrogen-bond donors (Lipinski definition) is 1. The largest absolute Gasteiger partial charge is 0.454 e. The number of aromatic nitrogens is 2. The van der Waals surface area contributed by atoms with Gasteiger partial charge in [0.25, 0.3) is 0 Å². The number of rotatable bonds is 6. The molecule has 10 heteroatoms. The third-order valence-corrected chi connectivity index (χ3v) is 8.70. The molecule has 0 saturated carbocycles. The molecule has 1 atom stereocenters. The number of nitrogens with zero attached hydrogens (tertiary/aromatic N) is 3. The number of benzene rings is 3. The van der Waals surface area contributed by atoms with Crippen molar-refractivity contribution in [1.29, 1.82) is 0 Å². The summed E-state index contributed by atoms with van der Waals surface area (Å²) in [6.07, 6.45) is 0. The Kier molecular flexibility index (Phi) is 7.64. The highest BCUT2D eigenvalue weighted by molar-refractivity contribution is 8.00. The van der Waals surface area contributed by atoms with Gasteiger partial charge in [-0.05, 0) is 60.0 Å². The molecule has 43 heavy (non-hydrogen) atoms. The van der Waals surface area contributed by atoms with Gasteiger partial charge in [-0.15, -0.1) is 11.8 Å². The molecule has 0 radical (unpaired) electrons. The van der Waals surface area contributed by atoms with Crippen LogP contribution >= 0.6 is 11.8 Å². The first-order chi connectivity index (χ1) is 20.6. The first-order valence-electron chi connectivity index (χ1n) is 14.1. The molecule has 0 bridgehead atoms. The molecule has 2 amide bonds. The molecule has 0 fully saturated rings. The monoisotopic (exact) mass is 600 g/mol. The third-order valence-electron chi connectivity index (χ3n) is 7.45. The van der Waals surface area contributed by atoms with Crippen molar-refractivity contribution in [3.05, 3.63) is 100 Å². The summed E-state index contributed by atoms with van der Waals surface area (Å²) >= 11 is 1.51. The van der Waals surface area contributed by atoms with E-state index in [1.807, 2.05) is 49.4 Å². The molecule has 4 aromatic rings. The molecule has 1 aromatic heterocycles. The van der Waals surface area contributed by atoms with Gasteiger partial charge in [-0.2, -0.15) is 5.10 Å². The molecule has 8 nitrogen and oxygen atoms in total. The van der Waals surface area contributed by atoms with Gasteiger partial charge in [0.15, 0.2) is 11.5 Å². The Hall–Kier alpha value is -4.31. The van der Waals surface area contributed by atoms with Gasteiger partial charge in [0.1, 0.15) is 18.2 Å². The Bertz CT molecular complexity index is 1700. The Morgan fingerprint density at radius 2 is 1.84 bits per heavy atom. The molecular formula is C33H33FN4O4S. The van der Waals surface area contributed by atoms with Gasteiger partial charge in [-0.3, -0.25) is 14.5 Å². The molecule has 3 heterocycles. The molecule has 1 N–H and O–H groups in total. The van der Waals surface area contributed by atoms with Crippen molar-refractivity contribution in [3.63, 3.8) is 0 Å². The number of anilines is 1. The predicted molar refractivity (Wildman–Crippen MR) is 164 cm³/mol.